The molecule has 0 aromatic carbocycles. The van der Waals surface area contributed by atoms with Crippen LogP contribution >= 0.6 is 0 Å². The molecule has 1 saturated heterocycles. The van der Waals surface area contributed by atoms with Crippen molar-refractivity contribution in [3.8, 4) is 0 Å². The summed E-state index contributed by atoms with van der Waals surface area (Å²) in [5.74, 6) is 0. The molecule has 2 aromatic rings. The third-order valence-electron chi connectivity index (χ3n) is 4.10. The Morgan fingerprint density at radius 3 is 3.05 bits per heavy atom. The lowest BCUT2D eigenvalue weighted by atomic mass is 9.99. The first-order valence-electron chi connectivity index (χ1n) is 7.32. The topological polar surface area (TPSA) is 60.0 Å². The minimum Gasteiger partial charge on any atom is -0.294 e. The van der Waals surface area contributed by atoms with Gasteiger partial charge in [0.1, 0.15) is 11.4 Å². The predicted octanol–water partition coefficient (Wildman–Crippen LogP) is 2.02. The molecule has 1 fully saturated rings. The Morgan fingerprint density at radius 2 is 2.30 bits per heavy atom. The van der Waals surface area contributed by atoms with E-state index >= 15 is 0 Å². The van der Waals surface area contributed by atoms with Crippen molar-refractivity contribution in [1.82, 2.24) is 25.0 Å². The number of piperidine rings is 1. The number of aryl methyl sites for hydroxylation is 2. The first kappa shape index (κ1) is 13.3. The van der Waals surface area contributed by atoms with Crippen LogP contribution in [-0.4, -0.2) is 37.6 Å². The molecule has 0 aliphatic carbocycles. The Balaban J connectivity index is 1.60. The highest BCUT2D eigenvalue weighted by Gasteiger charge is 2.24. The van der Waals surface area contributed by atoms with Gasteiger partial charge in [-0.25, -0.2) is 4.63 Å². The fourth-order valence-corrected chi connectivity index (χ4v) is 2.89. The van der Waals surface area contributed by atoms with Crippen LogP contribution in [0.1, 0.15) is 37.1 Å². The van der Waals surface area contributed by atoms with Crippen molar-refractivity contribution in [1.29, 1.82) is 0 Å². The van der Waals surface area contributed by atoms with Gasteiger partial charge in [-0.1, -0.05) is 16.7 Å². The number of hydrogen-bond acceptors (Lipinski definition) is 5. The summed E-state index contributed by atoms with van der Waals surface area (Å²) in [4.78, 5) is 2.51. The van der Waals surface area contributed by atoms with Crippen LogP contribution in [0.4, 0.5) is 0 Å². The van der Waals surface area contributed by atoms with E-state index in [1.165, 1.54) is 19.3 Å². The lowest BCUT2D eigenvalue weighted by Crippen LogP contribution is -2.39. The number of nitrogens with zero attached hydrogens (tertiary/aromatic N) is 5. The van der Waals surface area contributed by atoms with E-state index in [0.717, 1.165) is 37.4 Å². The van der Waals surface area contributed by atoms with E-state index < -0.39 is 0 Å². The number of hydrogen-bond donors (Lipinski definition) is 0. The second-order valence-electron chi connectivity index (χ2n) is 5.47. The van der Waals surface area contributed by atoms with Crippen LogP contribution in [0.3, 0.4) is 0 Å². The summed E-state index contributed by atoms with van der Waals surface area (Å²) in [5.41, 5.74) is 1.87. The average molecular weight is 275 g/mol. The zero-order valence-corrected chi connectivity index (χ0v) is 11.9. The van der Waals surface area contributed by atoms with E-state index in [4.69, 9.17) is 4.63 Å². The first-order valence-corrected chi connectivity index (χ1v) is 7.32. The van der Waals surface area contributed by atoms with E-state index in [1.54, 1.807) is 0 Å². The molecule has 0 N–H and O–H groups in total. The number of aromatic nitrogens is 4. The molecule has 3 heterocycles. The highest BCUT2D eigenvalue weighted by Crippen LogP contribution is 2.22. The van der Waals surface area contributed by atoms with Gasteiger partial charge in [-0.05, 0) is 38.8 Å². The highest BCUT2D eigenvalue weighted by molar-refractivity contribution is 5.04. The lowest BCUT2D eigenvalue weighted by Gasteiger charge is -2.35. The SMILES string of the molecule is Cc1nonc1CN1CCCC[C@@H]1CCn1cccn1. The van der Waals surface area contributed by atoms with Crippen LogP contribution in [0.15, 0.2) is 23.1 Å². The Labute approximate surface area is 118 Å². The maximum absolute atomic E-state index is 4.80. The van der Waals surface area contributed by atoms with Gasteiger partial charge >= 0.3 is 0 Å². The minimum absolute atomic E-state index is 0.601. The van der Waals surface area contributed by atoms with Gasteiger partial charge < -0.3 is 0 Å². The summed E-state index contributed by atoms with van der Waals surface area (Å²) in [6, 6.07) is 2.58. The molecule has 6 nitrogen and oxygen atoms in total. The van der Waals surface area contributed by atoms with Crippen LogP contribution in [-0.2, 0) is 13.1 Å². The van der Waals surface area contributed by atoms with Crippen molar-refractivity contribution in [3.05, 3.63) is 29.8 Å². The molecule has 20 heavy (non-hydrogen) atoms. The molecule has 1 aliphatic rings. The van der Waals surface area contributed by atoms with Crippen molar-refractivity contribution < 1.29 is 4.63 Å². The summed E-state index contributed by atoms with van der Waals surface area (Å²) in [5, 5.41) is 12.2. The lowest BCUT2D eigenvalue weighted by molar-refractivity contribution is 0.123. The molecule has 0 amide bonds. The monoisotopic (exact) mass is 275 g/mol. The van der Waals surface area contributed by atoms with Crippen LogP contribution in [0.2, 0.25) is 0 Å². The highest BCUT2D eigenvalue weighted by atomic mass is 16.6. The van der Waals surface area contributed by atoms with E-state index in [2.05, 4.69) is 20.3 Å². The molecule has 2 aromatic heterocycles. The zero-order chi connectivity index (χ0) is 13.8. The Kier molecular flexibility index (Phi) is 4.11. The molecule has 0 bridgehead atoms. The summed E-state index contributed by atoms with van der Waals surface area (Å²) >= 11 is 0. The number of likely N-dealkylation sites (tertiary alicyclic amines) is 1. The van der Waals surface area contributed by atoms with Crippen LogP contribution in [0, 0.1) is 6.92 Å². The molecule has 3 rings (SSSR count). The fraction of sp³-hybridized carbons (Fsp3) is 0.643. The standard InChI is InChI=1S/C14H21N5O/c1-12-14(17-20-16-12)11-18-8-3-2-5-13(18)6-10-19-9-4-7-15-19/h4,7,9,13H,2-3,5-6,8,10-11H2,1H3/t13-/m1/s1. The quantitative estimate of drug-likeness (QED) is 0.835. The van der Waals surface area contributed by atoms with Gasteiger partial charge in [0, 0.05) is 31.5 Å². The van der Waals surface area contributed by atoms with Crippen molar-refractivity contribution in [2.45, 2.75) is 51.7 Å². The molecular formula is C14H21N5O. The third-order valence-corrected chi connectivity index (χ3v) is 4.10. The molecule has 0 radical (unpaired) electrons. The minimum atomic E-state index is 0.601. The van der Waals surface area contributed by atoms with Gasteiger partial charge in [0.25, 0.3) is 0 Å². The summed E-state index contributed by atoms with van der Waals surface area (Å²) < 4.78 is 6.81. The maximum Gasteiger partial charge on any atom is 0.122 e. The molecule has 0 saturated carbocycles. The van der Waals surface area contributed by atoms with Gasteiger partial charge in [0.15, 0.2) is 0 Å². The van der Waals surface area contributed by atoms with Crippen LogP contribution in [0.25, 0.3) is 0 Å². The van der Waals surface area contributed by atoms with Gasteiger partial charge in [0.2, 0.25) is 0 Å². The van der Waals surface area contributed by atoms with Gasteiger partial charge in [-0.2, -0.15) is 5.10 Å². The summed E-state index contributed by atoms with van der Waals surface area (Å²) in [6.45, 7) is 4.91. The van der Waals surface area contributed by atoms with Gasteiger partial charge in [-0.3, -0.25) is 9.58 Å². The Morgan fingerprint density at radius 1 is 1.35 bits per heavy atom. The first-order chi connectivity index (χ1) is 9.83. The normalized spacial score (nSPS) is 20.4. The smallest absolute Gasteiger partial charge is 0.122 e. The largest absolute Gasteiger partial charge is 0.294 e. The van der Waals surface area contributed by atoms with Gasteiger partial charge in [-0.15, -0.1) is 0 Å². The molecule has 1 atom stereocenters. The maximum atomic E-state index is 4.80. The van der Waals surface area contributed by atoms with E-state index in [-0.39, 0.29) is 0 Å². The van der Waals surface area contributed by atoms with E-state index in [0.29, 0.717) is 6.04 Å². The molecule has 108 valence electrons. The molecule has 0 unspecified atom stereocenters. The van der Waals surface area contributed by atoms with Crippen molar-refractivity contribution in [2.75, 3.05) is 6.54 Å². The van der Waals surface area contributed by atoms with Crippen molar-refractivity contribution >= 4 is 0 Å². The second-order valence-corrected chi connectivity index (χ2v) is 5.47. The summed E-state index contributed by atoms with van der Waals surface area (Å²) in [6.07, 6.45) is 8.83. The third kappa shape index (κ3) is 3.07. The second kappa shape index (κ2) is 6.17. The van der Waals surface area contributed by atoms with E-state index in [1.807, 2.05) is 30.1 Å². The predicted molar refractivity (Wildman–Crippen MR) is 73.9 cm³/mol. The molecule has 6 heteroatoms. The van der Waals surface area contributed by atoms with Gasteiger partial charge in [0.05, 0.1) is 0 Å². The molecular weight excluding hydrogens is 254 g/mol. The Hall–Kier alpha value is -1.69. The van der Waals surface area contributed by atoms with E-state index in [9.17, 15) is 0 Å². The molecule has 1 aliphatic heterocycles. The number of rotatable bonds is 5. The van der Waals surface area contributed by atoms with Crippen LogP contribution in [0.5, 0.6) is 0 Å². The summed E-state index contributed by atoms with van der Waals surface area (Å²) in [7, 11) is 0. The van der Waals surface area contributed by atoms with Crippen LogP contribution < -0.4 is 0 Å². The fourth-order valence-electron chi connectivity index (χ4n) is 2.89. The Bertz CT molecular complexity index is 521. The molecule has 0 spiro atoms. The van der Waals surface area contributed by atoms with Crippen molar-refractivity contribution in [2.24, 2.45) is 0 Å². The van der Waals surface area contributed by atoms with Crippen molar-refractivity contribution in [3.63, 3.8) is 0 Å². The average Bonchev–Trinajstić information content (AvgIpc) is 3.11. The zero-order valence-electron chi connectivity index (χ0n) is 11.9.